The maximum Gasteiger partial charge on any atom is 0.133 e. The van der Waals surface area contributed by atoms with Crippen molar-refractivity contribution >= 4 is 22.6 Å². The first-order valence-corrected chi connectivity index (χ1v) is 5.32. The van der Waals surface area contributed by atoms with E-state index in [0.29, 0.717) is 0 Å². The monoisotopic (exact) mass is 223 g/mol. The van der Waals surface area contributed by atoms with E-state index in [-0.39, 0.29) is 4.87 Å². The molecule has 0 spiro atoms. The van der Waals surface area contributed by atoms with E-state index in [1.807, 2.05) is 32.2 Å². The number of rotatable bonds is 3. The second-order valence-electron chi connectivity index (χ2n) is 3.90. The zero-order chi connectivity index (χ0) is 10.9. The maximum absolute atomic E-state index is 6.44. The van der Waals surface area contributed by atoms with Crippen LogP contribution in [0.3, 0.4) is 0 Å². The minimum atomic E-state index is -0.375. The molecular weight excluding hydrogens is 210 g/mol. The van der Waals surface area contributed by atoms with Crippen molar-refractivity contribution in [1.82, 2.24) is 5.32 Å². The number of alkyl halides is 1. The van der Waals surface area contributed by atoms with Crippen molar-refractivity contribution in [3.05, 3.63) is 36.1 Å². The van der Waals surface area contributed by atoms with E-state index < -0.39 is 0 Å². The third kappa shape index (κ3) is 2.01. The standard InChI is InChI=1S/C12H14ClNO/c1-12(13,8-14-2)10-3-4-11-9(7-10)5-6-15-11/h3-7,14H,8H2,1-2H3. The Bertz CT molecular complexity index is 461. The molecule has 80 valence electrons. The summed E-state index contributed by atoms with van der Waals surface area (Å²) in [6, 6.07) is 7.99. The summed E-state index contributed by atoms with van der Waals surface area (Å²) in [6.07, 6.45) is 1.69. The minimum absolute atomic E-state index is 0.375. The van der Waals surface area contributed by atoms with Crippen LogP contribution in [0.2, 0.25) is 0 Å². The Kier molecular flexibility index (Phi) is 2.72. The number of hydrogen-bond acceptors (Lipinski definition) is 2. The van der Waals surface area contributed by atoms with Gasteiger partial charge in [0.2, 0.25) is 0 Å². The summed E-state index contributed by atoms with van der Waals surface area (Å²) in [5, 5.41) is 4.19. The topological polar surface area (TPSA) is 25.2 Å². The van der Waals surface area contributed by atoms with Crippen molar-refractivity contribution in [3.63, 3.8) is 0 Å². The van der Waals surface area contributed by atoms with Gasteiger partial charge in [0.05, 0.1) is 11.1 Å². The van der Waals surface area contributed by atoms with Crippen molar-refractivity contribution in [2.45, 2.75) is 11.8 Å². The molecule has 2 aromatic rings. The smallest absolute Gasteiger partial charge is 0.133 e. The highest BCUT2D eigenvalue weighted by Gasteiger charge is 2.22. The molecule has 1 N–H and O–H groups in total. The van der Waals surface area contributed by atoms with Crippen LogP contribution < -0.4 is 5.32 Å². The van der Waals surface area contributed by atoms with Gasteiger partial charge < -0.3 is 9.73 Å². The van der Waals surface area contributed by atoms with E-state index in [9.17, 15) is 0 Å². The minimum Gasteiger partial charge on any atom is -0.464 e. The zero-order valence-corrected chi connectivity index (χ0v) is 9.64. The van der Waals surface area contributed by atoms with E-state index in [4.69, 9.17) is 16.0 Å². The highest BCUT2D eigenvalue weighted by Crippen LogP contribution is 2.30. The fourth-order valence-electron chi connectivity index (χ4n) is 1.72. The molecule has 0 radical (unpaired) electrons. The van der Waals surface area contributed by atoms with E-state index >= 15 is 0 Å². The molecule has 1 aromatic heterocycles. The van der Waals surface area contributed by atoms with Crippen molar-refractivity contribution < 1.29 is 4.42 Å². The average molecular weight is 224 g/mol. The molecular formula is C12H14ClNO. The first-order chi connectivity index (χ1) is 7.13. The Balaban J connectivity index is 2.42. The molecule has 3 heteroatoms. The number of fused-ring (bicyclic) bond motifs is 1. The van der Waals surface area contributed by atoms with Gasteiger partial charge in [-0.3, -0.25) is 0 Å². The molecule has 0 aliphatic heterocycles. The van der Waals surface area contributed by atoms with Crippen LogP contribution in [0.15, 0.2) is 34.9 Å². The summed E-state index contributed by atoms with van der Waals surface area (Å²) < 4.78 is 5.29. The van der Waals surface area contributed by atoms with Gasteiger partial charge in [-0.15, -0.1) is 11.6 Å². The Morgan fingerprint density at radius 3 is 2.93 bits per heavy atom. The van der Waals surface area contributed by atoms with Crippen molar-refractivity contribution in [2.75, 3.05) is 13.6 Å². The second-order valence-corrected chi connectivity index (χ2v) is 4.74. The molecule has 0 saturated heterocycles. The lowest BCUT2D eigenvalue weighted by atomic mass is 9.99. The van der Waals surface area contributed by atoms with Crippen LogP contribution >= 0.6 is 11.6 Å². The van der Waals surface area contributed by atoms with Crippen LogP contribution in [0.25, 0.3) is 11.0 Å². The van der Waals surface area contributed by atoms with Crippen LogP contribution in [0, 0.1) is 0 Å². The number of halogens is 1. The molecule has 0 aliphatic rings. The van der Waals surface area contributed by atoms with Crippen molar-refractivity contribution in [1.29, 1.82) is 0 Å². The fourth-order valence-corrected chi connectivity index (χ4v) is 1.98. The van der Waals surface area contributed by atoms with Gasteiger partial charge in [0.25, 0.3) is 0 Å². The average Bonchev–Trinajstić information content (AvgIpc) is 2.63. The Hall–Kier alpha value is -0.990. The van der Waals surface area contributed by atoms with Gasteiger partial charge in [0.15, 0.2) is 0 Å². The van der Waals surface area contributed by atoms with Gasteiger partial charge in [-0.25, -0.2) is 0 Å². The summed E-state index contributed by atoms with van der Waals surface area (Å²) in [5.74, 6) is 0. The van der Waals surface area contributed by atoms with E-state index in [2.05, 4.69) is 11.4 Å². The summed E-state index contributed by atoms with van der Waals surface area (Å²) in [4.78, 5) is -0.375. The summed E-state index contributed by atoms with van der Waals surface area (Å²) in [5.41, 5.74) is 2.00. The molecule has 2 nitrogen and oxygen atoms in total. The number of benzene rings is 1. The highest BCUT2D eigenvalue weighted by atomic mass is 35.5. The predicted octanol–water partition coefficient (Wildman–Crippen LogP) is 3.11. The Labute approximate surface area is 94.2 Å². The van der Waals surface area contributed by atoms with Crippen LogP contribution in [-0.2, 0) is 4.87 Å². The SMILES string of the molecule is CNCC(C)(Cl)c1ccc2occc2c1. The molecule has 15 heavy (non-hydrogen) atoms. The quantitative estimate of drug-likeness (QED) is 0.809. The van der Waals surface area contributed by atoms with E-state index in [1.165, 1.54) is 0 Å². The van der Waals surface area contributed by atoms with E-state index in [1.54, 1.807) is 6.26 Å². The van der Waals surface area contributed by atoms with Crippen LogP contribution in [0.5, 0.6) is 0 Å². The maximum atomic E-state index is 6.44. The molecule has 0 saturated carbocycles. The van der Waals surface area contributed by atoms with Gasteiger partial charge in [-0.1, -0.05) is 6.07 Å². The lowest BCUT2D eigenvalue weighted by Crippen LogP contribution is -2.28. The molecule has 0 fully saturated rings. The fraction of sp³-hybridized carbons (Fsp3) is 0.333. The van der Waals surface area contributed by atoms with Gasteiger partial charge in [-0.2, -0.15) is 0 Å². The Morgan fingerprint density at radius 2 is 2.20 bits per heavy atom. The number of nitrogens with one attached hydrogen (secondary N) is 1. The molecule has 1 aromatic carbocycles. The second kappa shape index (κ2) is 3.87. The predicted molar refractivity (Wildman–Crippen MR) is 63.3 cm³/mol. The normalized spacial score (nSPS) is 15.4. The molecule has 0 amide bonds. The zero-order valence-electron chi connectivity index (χ0n) is 8.88. The summed E-state index contributed by atoms with van der Waals surface area (Å²) in [6.45, 7) is 2.74. The molecule has 1 unspecified atom stereocenters. The molecule has 0 bridgehead atoms. The lowest BCUT2D eigenvalue weighted by molar-refractivity contribution is 0.609. The van der Waals surface area contributed by atoms with Crippen molar-refractivity contribution in [3.8, 4) is 0 Å². The van der Waals surface area contributed by atoms with Gasteiger partial charge >= 0.3 is 0 Å². The van der Waals surface area contributed by atoms with Crippen molar-refractivity contribution in [2.24, 2.45) is 0 Å². The Morgan fingerprint density at radius 1 is 1.40 bits per heavy atom. The van der Waals surface area contributed by atoms with Crippen LogP contribution in [0.1, 0.15) is 12.5 Å². The molecule has 2 rings (SSSR count). The largest absolute Gasteiger partial charge is 0.464 e. The number of hydrogen-bond donors (Lipinski definition) is 1. The number of likely N-dealkylation sites (N-methyl/N-ethyl adjacent to an activating group) is 1. The third-order valence-electron chi connectivity index (χ3n) is 2.56. The van der Waals surface area contributed by atoms with Crippen LogP contribution in [0.4, 0.5) is 0 Å². The van der Waals surface area contributed by atoms with Crippen LogP contribution in [-0.4, -0.2) is 13.6 Å². The van der Waals surface area contributed by atoms with E-state index in [0.717, 1.165) is 23.1 Å². The third-order valence-corrected chi connectivity index (χ3v) is 2.91. The van der Waals surface area contributed by atoms with Gasteiger partial charge in [0.1, 0.15) is 5.58 Å². The van der Waals surface area contributed by atoms with Gasteiger partial charge in [0, 0.05) is 11.9 Å². The van der Waals surface area contributed by atoms with Gasteiger partial charge in [-0.05, 0) is 37.7 Å². The lowest BCUT2D eigenvalue weighted by Gasteiger charge is -2.22. The molecule has 1 atom stereocenters. The summed E-state index contributed by atoms with van der Waals surface area (Å²) in [7, 11) is 1.90. The highest BCUT2D eigenvalue weighted by molar-refractivity contribution is 6.24. The number of furan rings is 1. The first-order valence-electron chi connectivity index (χ1n) is 4.95. The molecule has 0 aliphatic carbocycles. The summed E-state index contributed by atoms with van der Waals surface area (Å²) >= 11 is 6.44. The first kappa shape index (κ1) is 10.5. The molecule has 1 heterocycles.